The molecule has 0 aliphatic rings. The van der Waals surface area contributed by atoms with Crippen molar-refractivity contribution in [1.29, 1.82) is 0 Å². The van der Waals surface area contributed by atoms with Gasteiger partial charge in [-0.05, 0) is 0 Å². The minimum Gasteiger partial charge on any atom is -0.376 e. The number of nitrogens with zero attached hydrogens (tertiary/aromatic N) is 3. The number of aromatic nitrogens is 2. The monoisotopic (exact) mass is 177 g/mol. The van der Waals surface area contributed by atoms with E-state index in [4.69, 9.17) is 6.42 Å². The Hall–Kier alpha value is -1.76. The zero-order chi connectivity index (χ0) is 9.84. The third kappa shape index (κ3) is 2.09. The highest BCUT2D eigenvalue weighted by molar-refractivity contribution is 5.40. The predicted octanol–water partition coefficient (Wildman–Crippen LogP) is -0.0575. The first kappa shape index (κ1) is 9.33. The maximum absolute atomic E-state index is 11.3. The van der Waals surface area contributed by atoms with Gasteiger partial charge in [0.15, 0.2) is 0 Å². The van der Waals surface area contributed by atoms with Crippen molar-refractivity contribution in [3.63, 3.8) is 0 Å². The van der Waals surface area contributed by atoms with Crippen LogP contribution < -0.4 is 10.5 Å². The Bertz CT molecular complexity index is 387. The summed E-state index contributed by atoms with van der Waals surface area (Å²) in [6, 6.07) is 1.50. The minimum atomic E-state index is -0.177. The Labute approximate surface area is 76.8 Å². The average molecular weight is 177 g/mol. The van der Waals surface area contributed by atoms with Crippen molar-refractivity contribution >= 4 is 5.69 Å². The summed E-state index contributed by atoms with van der Waals surface area (Å²) < 4.78 is 1.24. The van der Waals surface area contributed by atoms with E-state index in [0.29, 0.717) is 0 Å². The Kier molecular flexibility index (Phi) is 2.70. The van der Waals surface area contributed by atoms with Crippen LogP contribution in [-0.2, 0) is 6.54 Å². The van der Waals surface area contributed by atoms with Crippen LogP contribution in [0.1, 0.15) is 0 Å². The summed E-state index contributed by atoms with van der Waals surface area (Å²) in [7, 11) is 3.70. The van der Waals surface area contributed by atoms with Gasteiger partial charge < -0.3 is 4.90 Å². The summed E-state index contributed by atoms with van der Waals surface area (Å²) >= 11 is 0. The van der Waals surface area contributed by atoms with Crippen LogP contribution in [0.2, 0.25) is 0 Å². The first-order chi connectivity index (χ1) is 6.15. The van der Waals surface area contributed by atoms with Crippen LogP contribution in [0.4, 0.5) is 5.69 Å². The molecule has 0 saturated carbocycles. The molecule has 0 aliphatic heterocycles. The SMILES string of the molecule is C#CCn1ncc(N(C)C)cc1=O. The van der Waals surface area contributed by atoms with E-state index in [0.717, 1.165) is 5.69 Å². The molecular weight excluding hydrogens is 166 g/mol. The average Bonchev–Trinajstić information content (AvgIpc) is 2.08. The normalized spacial score (nSPS) is 9.31. The number of hydrogen-bond donors (Lipinski definition) is 0. The second-order valence-electron chi connectivity index (χ2n) is 2.81. The Morgan fingerprint density at radius 1 is 1.69 bits per heavy atom. The molecule has 0 spiro atoms. The largest absolute Gasteiger partial charge is 0.376 e. The number of rotatable bonds is 2. The van der Waals surface area contributed by atoms with Crippen molar-refractivity contribution in [3.05, 3.63) is 22.6 Å². The standard InChI is InChI=1S/C9H11N3O/c1-4-5-12-9(13)6-8(7-10-12)11(2)3/h1,6-7H,5H2,2-3H3. The Morgan fingerprint density at radius 3 is 2.85 bits per heavy atom. The van der Waals surface area contributed by atoms with Gasteiger partial charge in [-0.3, -0.25) is 4.79 Å². The molecule has 4 heteroatoms. The van der Waals surface area contributed by atoms with Crippen molar-refractivity contribution in [2.24, 2.45) is 0 Å². The summed E-state index contributed by atoms with van der Waals surface area (Å²) in [6.45, 7) is 0.215. The van der Waals surface area contributed by atoms with Crippen molar-refractivity contribution in [1.82, 2.24) is 9.78 Å². The second kappa shape index (κ2) is 3.76. The predicted molar refractivity (Wildman–Crippen MR) is 51.7 cm³/mol. The van der Waals surface area contributed by atoms with Crippen molar-refractivity contribution in [3.8, 4) is 12.3 Å². The van der Waals surface area contributed by atoms with Crippen LogP contribution in [0.3, 0.4) is 0 Å². The molecule has 0 unspecified atom stereocenters. The van der Waals surface area contributed by atoms with Gasteiger partial charge in [0, 0.05) is 20.2 Å². The van der Waals surface area contributed by atoms with E-state index >= 15 is 0 Å². The summed E-state index contributed by atoms with van der Waals surface area (Å²) in [6.07, 6.45) is 6.68. The molecule has 1 heterocycles. The lowest BCUT2D eigenvalue weighted by Gasteiger charge is -2.11. The smallest absolute Gasteiger partial charge is 0.269 e. The molecule has 0 bridgehead atoms. The van der Waals surface area contributed by atoms with E-state index < -0.39 is 0 Å². The first-order valence-corrected chi connectivity index (χ1v) is 3.83. The van der Waals surface area contributed by atoms with E-state index in [9.17, 15) is 4.79 Å². The van der Waals surface area contributed by atoms with E-state index in [2.05, 4.69) is 11.0 Å². The molecule has 0 radical (unpaired) electrons. The van der Waals surface area contributed by atoms with Crippen LogP contribution in [-0.4, -0.2) is 23.9 Å². The van der Waals surface area contributed by atoms with Crippen molar-refractivity contribution < 1.29 is 0 Å². The lowest BCUT2D eigenvalue weighted by atomic mass is 10.4. The lowest BCUT2D eigenvalue weighted by molar-refractivity contribution is 0.662. The van der Waals surface area contributed by atoms with Gasteiger partial charge in [0.05, 0.1) is 11.9 Å². The maximum atomic E-state index is 11.3. The topological polar surface area (TPSA) is 38.1 Å². The van der Waals surface area contributed by atoms with Crippen molar-refractivity contribution in [2.45, 2.75) is 6.54 Å². The van der Waals surface area contributed by atoms with Gasteiger partial charge in [-0.15, -0.1) is 6.42 Å². The van der Waals surface area contributed by atoms with Crippen LogP contribution in [0, 0.1) is 12.3 Å². The van der Waals surface area contributed by atoms with Crippen LogP contribution in [0.15, 0.2) is 17.1 Å². The molecule has 0 aliphatic carbocycles. The molecule has 4 nitrogen and oxygen atoms in total. The third-order valence-electron chi connectivity index (χ3n) is 1.61. The number of hydrogen-bond acceptors (Lipinski definition) is 3. The van der Waals surface area contributed by atoms with Crippen LogP contribution in [0.25, 0.3) is 0 Å². The minimum absolute atomic E-state index is 0.177. The molecule has 0 fully saturated rings. The van der Waals surface area contributed by atoms with Crippen LogP contribution in [0.5, 0.6) is 0 Å². The van der Waals surface area contributed by atoms with Gasteiger partial charge in [0.25, 0.3) is 5.56 Å². The molecule has 1 aromatic heterocycles. The highest BCUT2D eigenvalue weighted by atomic mass is 16.1. The molecule has 13 heavy (non-hydrogen) atoms. The van der Waals surface area contributed by atoms with E-state index in [1.807, 2.05) is 19.0 Å². The van der Waals surface area contributed by atoms with Gasteiger partial charge >= 0.3 is 0 Å². The molecule has 0 amide bonds. The number of terminal acetylenes is 1. The van der Waals surface area contributed by atoms with Crippen molar-refractivity contribution in [2.75, 3.05) is 19.0 Å². The van der Waals surface area contributed by atoms with Crippen LogP contribution >= 0.6 is 0 Å². The summed E-state index contributed by atoms with van der Waals surface area (Å²) in [5, 5.41) is 3.91. The molecular formula is C9H11N3O. The molecule has 0 aromatic carbocycles. The summed E-state index contributed by atoms with van der Waals surface area (Å²) in [4.78, 5) is 13.1. The summed E-state index contributed by atoms with van der Waals surface area (Å²) in [5.41, 5.74) is 0.599. The molecule has 0 N–H and O–H groups in total. The van der Waals surface area contributed by atoms with E-state index in [1.54, 1.807) is 6.20 Å². The lowest BCUT2D eigenvalue weighted by Crippen LogP contribution is -2.23. The molecule has 1 rings (SSSR count). The highest BCUT2D eigenvalue weighted by Crippen LogP contribution is 2.02. The van der Waals surface area contributed by atoms with Gasteiger partial charge in [0.1, 0.15) is 6.54 Å². The molecule has 0 atom stereocenters. The first-order valence-electron chi connectivity index (χ1n) is 3.83. The fourth-order valence-corrected chi connectivity index (χ4v) is 0.874. The van der Waals surface area contributed by atoms with Gasteiger partial charge in [-0.25, -0.2) is 4.68 Å². The zero-order valence-electron chi connectivity index (χ0n) is 7.69. The molecule has 1 aromatic rings. The van der Waals surface area contributed by atoms with E-state index in [-0.39, 0.29) is 12.1 Å². The molecule has 0 saturated heterocycles. The second-order valence-corrected chi connectivity index (χ2v) is 2.81. The quantitative estimate of drug-likeness (QED) is 0.594. The molecule has 68 valence electrons. The van der Waals surface area contributed by atoms with E-state index in [1.165, 1.54) is 10.7 Å². The van der Waals surface area contributed by atoms with Gasteiger partial charge in [-0.1, -0.05) is 5.92 Å². The van der Waals surface area contributed by atoms with Gasteiger partial charge in [-0.2, -0.15) is 5.10 Å². The maximum Gasteiger partial charge on any atom is 0.269 e. The number of anilines is 1. The Balaban J connectivity index is 3.08. The fourth-order valence-electron chi connectivity index (χ4n) is 0.874. The third-order valence-corrected chi connectivity index (χ3v) is 1.61. The Morgan fingerprint density at radius 2 is 2.38 bits per heavy atom. The fraction of sp³-hybridized carbons (Fsp3) is 0.333. The highest BCUT2D eigenvalue weighted by Gasteiger charge is 1.99. The summed E-state index contributed by atoms with van der Waals surface area (Å²) in [5.74, 6) is 2.36. The zero-order valence-corrected chi connectivity index (χ0v) is 7.69. The van der Waals surface area contributed by atoms with Gasteiger partial charge in [0.2, 0.25) is 0 Å².